The molecule has 0 amide bonds. The van der Waals surface area contributed by atoms with Crippen LogP contribution in [0.2, 0.25) is 0 Å². The van der Waals surface area contributed by atoms with E-state index in [1.54, 1.807) is 0 Å². The van der Waals surface area contributed by atoms with Gasteiger partial charge < -0.3 is 10.2 Å². The summed E-state index contributed by atoms with van der Waals surface area (Å²) in [5.41, 5.74) is 0.00693. The highest BCUT2D eigenvalue weighted by Crippen LogP contribution is 2.26. The van der Waals surface area contributed by atoms with Crippen LogP contribution in [0, 0.1) is 11.6 Å². The zero-order chi connectivity index (χ0) is 12.3. The van der Waals surface area contributed by atoms with Crippen molar-refractivity contribution in [1.29, 1.82) is 0 Å². The first-order valence-corrected chi connectivity index (χ1v) is 6.01. The van der Waals surface area contributed by atoms with Gasteiger partial charge in [-0.3, -0.25) is 0 Å². The summed E-state index contributed by atoms with van der Waals surface area (Å²) in [6.07, 6.45) is -2.16. The molecule has 0 aliphatic heterocycles. The van der Waals surface area contributed by atoms with Crippen LogP contribution in [0.4, 0.5) is 8.78 Å². The molecule has 6 heteroatoms. The molecule has 0 saturated carbocycles. The van der Waals surface area contributed by atoms with E-state index in [-0.39, 0.29) is 16.5 Å². The lowest BCUT2D eigenvalue weighted by atomic mass is 10.0. The van der Waals surface area contributed by atoms with E-state index in [1.165, 1.54) is 0 Å². The Balaban J connectivity index is 2.96. The second kappa shape index (κ2) is 5.95. The van der Waals surface area contributed by atoms with E-state index in [0.29, 0.717) is 5.75 Å². The minimum atomic E-state index is -1.32. The molecule has 90 valence electrons. The summed E-state index contributed by atoms with van der Waals surface area (Å²) < 4.78 is 26.0. The Labute approximate surface area is 106 Å². The minimum absolute atomic E-state index is 0.00693. The van der Waals surface area contributed by atoms with Gasteiger partial charge in [0.1, 0.15) is 17.7 Å². The van der Waals surface area contributed by atoms with Crippen molar-refractivity contribution < 1.29 is 19.0 Å². The normalized spacial score (nSPS) is 14.9. The van der Waals surface area contributed by atoms with E-state index in [4.69, 9.17) is 0 Å². The highest BCUT2D eigenvalue weighted by atomic mass is 79.9. The zero-order valence-electron chi connectivity index (χ0n) is 8.20. The molecular weight excluding hydrogens is 302 g/mol. The maximum absolute atomic E-state index is 13.2. The van der Waals surface area contributed by atoms with E-state index < -0.39 is 23.8 Å². The van der Waals surface area contributed by atoms with Crippen LogP contribution in [0.3, 0.4) is 0 Å². The molecule has 0 spiro atoms. The molecule has 2 N–H and O–H groups in total. The fourth-order valence-corrected chi connectivity index (χ4v) is 1.75. The summed E-state index contributed by atoms with van der Waals surface area (Å²) in [6, 6.07) is 1.97. The van der Waals surface area contributed by atoms with Gasteiger partial charge in [0.05, 0.1) is 10.6 Å². The number of aliphatic hydroxyl groups is 2. The Morgan fingerprint density at radius 3 is 2.19 bits per heavy atom. The van der Waals surface area contributed by atoms with Crippen LogP contribution in [-0.4, -0.2) is 22.1 Å². The number of hydrogen-bond donors (Lipinski definition) is 3. The summed E-state index contributed by atoms with van der Waals surface area (Å²) in [5, 5.41) is 19.1. The fourth-order valence-electron chi connectivity index (χ4n) is 1.26. The number of halogens is 3. The van der Waals surface area contributed by atoms with Gasteiger partial charge in [0.25, 0.3) is 0 Å². The molecule has 0 aliphatic rings. The molecule has 0 aromatic heterocycles. The molecule has 0 heterocycles. The number of rotatable bonds is 4. The number of aliphatic hydroxyl groups excluding tert-OH is 2. The molecule has 1 aromatic rings. The van der Waals surface area contributed by atoms with Crippen molar-refractivity contribution in [2.24, 2.45) is 0 Å². The second-order valence-electron chi connectivity index (χ2n) is 3.32. The molecule has 16 heavy (non-hydrogen) atoms. The minimum Gasteiger partial charge on any atom is -0.390 e. The lowest BCUT2D eigenvalue weighted by molar-refractivity contribution is 0.0169. The smallest absolute Gasteiger partial charge is 0.140 e. The largest absolute Gasteiger partial charge is 0.390 e. The lowest BCUT2D eigenvalue weighted by Crippen LogP contribution is -2.19. The lowest BCUT2D eigenvalue weighted by Gasteiger charge is -2.17. The van der Waals surface area contributed by atoms with Crippen LogP contribution < -0.4 is 0 Å². The first-order valence-electron chi connectivity index (χ1n) is 4.58. The predicted molar refractivity (Wildman–Crippen MR) is 63.5 cm³/mol. The Bertz CT molecular complexity index is 353. The summed E-state index contributed by atoms with van der Waals surface area (Å²) in [5.74, 6) is -1.25. The molecule has 0 aliphatic carbocycles. The van der Waals surface area contributed by atoms with E-state index in [1.807, 2.05) is 0 Å². The van der Waals surface area contributed by atoms with Crippen molar-refractivity contribution in [2.75, 3.05) is 5.75 Å². The molecule has 1 aromatic carbocycles. The molecule has 0 fully saturated rings. The summed E-state index contributed by atoms with van der Waals surface area (Å²) in [4.78, 5) is 0. The Hall–Kier alpha value is -0.170. The molecule has 0 bridgehead atoms. The average molecular weight is 313 g/mol. The van der Waals surface area contributed by atoms with Gasteiger partial charge in [-0.2, -0.15) is 12.6 Å². The first-order chi connectivity index (χ1) is 7.47. The third-order valence-electron chi connectivity index (χ3n) is 2.14. The standard InChI is InChI=1S/C10H11BrF2O2S/c11-9-6(12)3-5(4-7(9)13)10(15)8(14)1-2-16/h3-4,8,10,14-16H,1-2H2. The van der Waals surface area contributed by atoms with E-state index in [9.17, 15) is 19.0 Å². The first kappa shape index (κ1) is 13.9. The second-order valence-corrected chi connectivity index (χ2v) is 4.56. The van der Waals surface area contributed by atoms with Crippen LogP contribution >= 0.6 is 28.6 Å². The Morgan fingerprint density at radius 1 is 1.25 bits per heavy atom. The van der Waals surface area contributed by atoms with Crippen LogP contribution in [-0.2, 0) is 0 Å². The van der Waals surface area contributed by atoms with Crippen LogP contribution in [0.25, 0.3) is 0 Å². The quantitative estimate of drug-likeness (QED) is 0.590. The van der Waals surface area contributed by atoms with Crippen LogP contribution in [0.5, 0.6) is 0 Å². The summed E-state index contributed by atoms with van der Waals surface area (Å²) in [6.45, 7) is 0. The molecule has 0 radical (unpaired) electrons. The van der Waals surface area contributed by atoms with Gasteiger partial charge in [0.15, 0.2) is 0 Å². The Morgan fingerprint density at radius 2 is 1.75 bits per heavy atom. The van der Waals surface area contributed by atoms with Crippen molar-refractivity contribution in [3.05, 3.63) is 33.8 Å². The monoisotopic (exact) mass is 312 g/mol. The molecule has 0 saturated heterocycles. The van der Waals surface area contributed by atoms with Gasteiger partial charge in [-0.25, -0.2) is 8.78 Å². The Kier molecular flexibility index (Phi) is 5.17. The molecule has 2 atom stereocenters. The topological polar surface area (TPSA) is 40.5 Å². The van der Waals surface area contributed by atoms with E-state index in [2.05, 4.69) is 28.6 Å². The van der Waals surface area contributed by atoms with E-state index >= 15 is 0 Å². The van der Waals surface area contributed by atoms with Crippen molar-refractivity contribution >= 4 is 28.6 Å². The van der Waals surface area contributed by atoms with Gasteiger partial charge >= 0.3 is 0 Å². The third kappa shape index (κ3) is 3.16. The van der Waals surface area contributed by atoms with Gasteiger partial charge in [0, 0.05) is 0 Å². The number of hydrogen-bond acceptors (Lipinski definition) is 3. The van der Waals surface area contributed by atoms with Gasteiger partial charge in [-0.1, -0.05) is 0 Å². The van der Waals surface area contributed by atoms with Crippen molar-refractivity contribution in [3.63, 3.8) is 0 Å². The SMILES string of the molecule is OC(CCS)C(O)c1cc(F)c(Br)c(F)c1. The van der Waals surface area contributed by atoms with Crippen LogP contribution in [0.1, 0.15) is 18.1 Å². The van der Waals surface area contributed by atoms with Crippen molar-refractivity contribution in [1.82, 2.24) is 0 Å². The maximum atomic E-state index is 13.2. The van der Waals surface area contributed by atoms with Crippen LogP contribution in [0.15, 0.2) is 16.6 Å². The highest BCUT2D eigenvalue weighted by Gasteiger charge is 2.20. The zero-order valence-corrected chi connectivity index (χ0v) is 10.7. The third-order valence-corrected chi connectivity index (χ3v) is 3.15. The molecule has 1 rings (SSSR count). The predicted octanol–water partition coefficient (Wildman–Crippen LogP) is 2.44. The van der Waals surface area contributed by atoms with Crippen molar-refractivity contribution in [3.8, 4) is 0 Å². The van der Waals surface area contributed by atoms with Gasteiger partial charge in [-0.15, -0.1) is 0 Å². The average Bonchev–Trinajstić information content (AvgIpc) is 2.24. The van der Waals surface area contributed by atoms with Gasteiger partial charge in [0.2, 0.25) is 0 Å². The molecular formula is C10H11BrF2O2S. The van der Waals surface area contributed by atoms with Gasteiger partial charge in [-0.05, 0) is 45.8 Å². The van der Waals surface area contributed by atoms with Crippen molar-refractivity contribution in [2.45, 2.75) is 18.6 Å². The van der Waals surface area contributed by atoms with E-state index in [0.717, 1.165) is 12.1 Å². The molecule has 2 nitrogen and oxygen atoms in total. The maximum Gasteiger partial charge on any atom is 0.140 e. The highest BCUT2D eigenvalue weighted by molar-refractivity contribution is 9.10. The number of thiol groups is 1. The molecule has 2 unspecified atom stereocenters. The summed E-state index contributed by atoms with van der Waals surface area (Å²) in [7, 11) is 0. The fraction of sp³-hybridized carbons (Fsp3) is 0.400. The number of benzene rings is 1. The summed E-state index contributed by atoms with van der Waals surface area (Å²) >= 11 is 6.62.